The van der Waals surface area contributed by atoms with E-state index in [0.717, 1.165) is 29.7 Å². The molecule has 9 heteroatoms. The predicted octanol–water partition coefficient (Wildman–Crippen LogP) is 5.71. The molecule has 1 aliphatic carbocycles. The third kappa shape index (κ3) is 4.82. The summed E-state index contributed by atoms with van der Waals surface area (Å²) in [4.78, 5) is 35.3. The van der Waals surface area contributed by atoms with E-state index in [1.165, 1.54) is 40.4 Å². The van der Waals surface area contributed by atoms with Crippen LogP contribution in [0.4, 0.5) is 5.00 Å². The lowest BCUT2D eigenvalue weighted by molar-refractivity contribution is 0.0527. The van der Waals surface area contributed by atoms with E-state index in [9.17, 15) is 9.59 Å². The largest absolute Gasteiger partial charge is 0.462 e. The van der Waals surface area contributed by atoms with E-state index in [1.807, 2.05) is 12.1 Å². The first-order valence-corrected chi connectivity index (χ1v) is 12.5. The Morgan fingerprint density at radius 1 is 1.28 bits per heavy atom. The zero-order valence-electron chi connectivity index (χ0n) is 17.7. The molecule has 0 fully saturated rings. The van der Waals surface area contributed by atoms with Gasteiger partial charge in [-0.1, -0.05) is 47.6 Å². The molecule has 0 bridgehead atoms. The number of anilines is 1. The zero-order chi connectivity index (χ0) is 22.7. The summed E-state index contributed by atoms with van der Waals surface area (Å²) in [5, 5.41) is 3.95. The monoisotopic (exact) mass is 487 g/mol. The number of rotatable bonds is 7. The Labute approximate surface area is 199 Å². The minimum Gasteiger partial charge on any atom is -0.462 e. The first kappa shape index (κ1) is 22.8. The number of thioether (sulfide) groups is 1. The van der Waals surface area contributed by atoms with Gasteiger partial charge >= 0.3 is 5.97 Å². The van der Waals surface area contributed by atoms with Crippen LogP contribution in [-0.4, -0.2) is 28.5 Å². The summed E-state index contributed by atoms with van der Waals surface area (Å²) in [6, 6.07) is 8.09. The van der Waals surface area contributed by atoms with E-state index in [4.69, 9.17) is 16.3 Å². The summed E-state index contributed by atoms with van der Waals surface area (Å²) in [6.45, 7) is 4.09. The van der Waals surface area contributed by atoms with Gasteiger partial charge in [0.05, 0.1) is 23.4 Å². The van der Waals surface area contributed by atoms with Crippen LogP contribution >= 0.6 is 34.7 Å². The molecule has 1 N–H and O–H groups in total. The first-order valence-electron chi connectivity index (χ1n) is 10.3. The second-order valence-electron chi connectivity index (χ2n) is 7.30. The molecule has 32 heavy (non-hydrogen) atoms. The number of nitrogens with one attached hydrogen (secondary N) is 1. The average Bonchev–Trinajstić information content (AvgIpc) is 3.35. The van der Waals surface area contributed by atoms with Gasteiger partial charge in [-0.25, -0.2) is 14.8 Å². The van der Waals surface area contributed by atoms with Crippen molar-refractivity contribution in [3.8, 4) is 0 Å². The van der Waals surface area contributed by atoms with E-state index in [1.54, 1.807) is 6.92 Å². The van der Waals surface area contributed by atoms with Gasteiger partial charge in [-0.15, -0.1) is 11.3 Å². The fraction of sp³-hybridized carbons (Fsp3) is 0.304. The summed E-state index contributed by atoms with van der Waals surface area (Å²) in [6.07, 6.45) is 4.14. The highest BCUT2D eigenvalue weighted by Crippen LogP contribution is 2.40. The third-order valence-electron chi connectivity index (χ3n) is 5.18. The molecule has 0 saturated heterocycles. The van der Waals surface area contributed by atoms with E-state index in [2.05, 4.69) is 34.3 Å². The van der Waals surface area contributed by atoms with Gasteiger partial charge in [0.25, 0.3) is 5.91 Å². The molecule has 4 rings (SSSR count). The summed E-state index contributed by atoms with van der Waals surface area (Å²) < 4.78 is 5.23. The van der Waals surface area contributed by atoms with Crippen molar-refractivity contribution in [3.63, 3.8) is 0 Å². The lowest BCUT2D eigenvalue weighted by Crippen LogP contribution is -2.17. The number of halogens is 1. The van der Waals surface area contributed by atoms with Gasteiger partial charge in [0.15, 0.2) is 10.9 Å². The molecule has 0 radical (unpaired) electrons. The number of nitrogens with zero attached hydrogens (tertiary/aromatic N) is 2. The van der Waals surface area contributed by atoms with Crippen molar-refractivity contribution in [1.82, 2.24) is 9.97 Å². The molecule has 1 aromatic carbocycles. The van der Waals surface area contributed by atoms with Gasteiger partial charge in [0, 0.05) is 10.6 Å². The van der Waals surface area contributed by atoms with Crippen LogP contribution in [0.3, 0.4) is 0 Å². The van der Waals surface area contributed by atoms with Crippen LogP contribution in [0.5, 0.6) is 0 Å². The van der Waals surface area contributed by atoms with Crippen LogP contribution in [0.15, 0.2) is 35.6 Å². The van der Waals surface area contributed by atoms with Gasteiger partial charge in [-0.3, -0.25) is 4.79 Å². The van der Waals surface area contributed by atoms with Gasteiger partial charge in [-0.2, -0.15) is 0 Å². The highest BCUT2D eigenvalue weighted by atomic mass is 35.5. The zero-order valence-corrected chi connectivity index (χ0v) is 20.1. The van der Waals surface area contributed by atoms with Gasteiger partial charge in [0.1, 0.15) is 5.00 Å². The van der Waals surface area contributed by atoms with E-state index in [-0.39, 0.29) is 17.3 Å². The Morgan fingerprint density at radius 3 is 2.88 bits per heavy atom. The second kappa shape index (κ2) is 10.0. The fourth-order valence-electron chi connectivity index (χ4n) is 3.57. The maximum absolute atomic E-state index is 13.0. The number of carbonyl (C=O) groups is 2. The summed E-state index contributed by atoms with van der Waals surface area (Å²) in [5.41, 5.74) is 3.87. The number of thiophene rings is 1. The second-order valence-corrected chi connectivity index (χ2v) is 9.76. The van der Waals surface area contributed by atoms with Crippen LogP contribution in [0.2, 0.25) is 5.02 Å². The maximum atomic E-state index is 13.0. The van der Waals surface area contributed by atoms with Crippen molar-refractivity contribution in [1.29, 1.82) is 0 Å². The van der Waals surface area contributed by atoms with Gasteiger partial charge in [-0.05, 0) is 49.8 Å². The fourth-order valence-corrected chi connectivity index (χ4v) is 5.91. The molecular weight excluding hydrogens is 466 g/mol. The number of ether oxygens (including phenoxy) is 1. The molecule has 166 valence electrons. The number of benzene rings is 1. The van der Waals surface area contributed by atoms with Crippen molar-refractivity contribution in [2.75, 3.05) is 11.9 Å². The minimum absolute atomic E-state index is 0.0809. The predicted molar refractivity (Wildman–Crippen MR) is 128 cm³/mol. The Kier molecular flexibility index (Phi) is 7.13. The van der Waals surface area contributed by atoms with Crippen molar-refractivity contribution < 1.29 is 14.3 Å². The van der Waals surface area contributed by atoms with E-state index < -0.39 is 11.9 Å². The van der Waals surface area contributed by atoms with Gasteiger partial charge < -0.3 is 10.1 Å². The number of fused-ring (bicyclic) bond motifs is 1. The molecule has 0 atom stereocenters. The van der Waals surface area contributed by atoms with Crippen molar-refractivity contribution in [2.45, 2.75) is 44.0 Å². The number of amides is 1. The standard InChI is InChI=1S/C23H22ClN3O3S2/c1-3-30-22(29)18-15-9-6-10-17(15)32-21(18)27-20(28)19-16(24)11-25-23(26-19)31-12-14-8-5-4-7-13(14)2/h4-5,7-8,11H,3,6,9-10,12H2,1-2H3,(H,27,28). The Balaban J connectivity index is 1.55. The van der Waals surface area contributed by atoms with Crippen LogP contribution in [-0.2, 0) is 23.3 Å². The molecule has 0 spiro atoms. The maximum Gasteiger partial charge on any atom is 0.341 e. The molecule has 1 amide bonds. The van der Waals surface area contributed by atoms with Crippen LogP contribution in [0.1, 0.15) is 55.8 Å². The normalized spacial score (nSPS) is 12.5. The highest BCUT2D eigenvalue weighted by Gasteiger charge is 2.29. The van der Waals surface area contributed by atoms with Crippen molar-refractivity contribution in [3.05, 3.63) is 68.3 Å². The van der Waals surface area contributed by atoms with E-state index in [0.29, 0.717) is 21.5 Å². The van der Waals surface area contributed by atoms with Crippen LogP contribution in [0, 0.1) is 6.92 Å². The molecule has 0 unspecified atom stereocenters. The van der Waals surface area contributed by atoms with Crippen LogP contribution < -0.4 is 5.32 Å². The van der Waals surface area contributed by atoms with Gasteiger partial charge in [0.2, 0.25) is 0 Å². The lowest BCUT2D eigenvalue weighted by atomic mass is 10.1. The number of hydrogen-bond acceptors (Lipinski definition) is 7. The number of aryl methyl sites for hydroxylation is 2. The summed E-state index contributed by atoms with van der Waals surface area (Å²) in [7, 11) is 0. The number of hydrogen-bond donors (Lipinski definition) is 1. The molecule has 0 saturated carbocycles. The molecule has 2 aromatic heterocycles. The lowest BCUT2D eigenvalue weighted by Gasteiger charge is -2.09. The highest BCUT2D eigenvalue weighted by molar-refractivity contribution is 7.98. The number of aromatic nitrogens is 2. The molecule has 0 aliphatic heterocycles. The SMILES string of the molecule is CCOC(=O)c1c(NC(=O)c2nc(SCc3ccccc3C)ncc2Cl)sc2c1CCC2. The quantitative estimate of drug-likeness (QED) is 0.261. The minimum atomic E-state index is -0.472. The summed E-state index contributed by atoms with van der Waals surface area (Å²) >= 11 is 9.10. The molecular formula is C23H22ClN3O3S2. The first-order chi connectivity index (χ1) is 15.5. The number of carbonyl (C=O) groups excluding carboxylic acids is 2. The Bertz CT molecular complexity index is 1180. The smallest absolute Gasteiger partial charge is 0.341 e. The third-order valence-corrected chi connectivity index (χ3v) is 7.58. The summed E-state index contributed by atoms with van der Waals surface area (Å²) in [5.74, 6) is -0.203. The van der Waals surface area contributed by atoms with Crippen LogP contribution in [0.25, 0.3) is 0 Å². The molecule has 2 heterocycles. The molecule has 1 aliphatic rings. The number of esters is 1. The average molecular weight is 488 g/mol. The Hall–Kier alpha value is -2.42. The van der Waals surface area contributed by atoms with E-state index >= 15 is 0 Å². The Morgan fingerprint density at radius 2 is 2.09 bits per heavy atom. The molecule has 6 nitrogen and oxygen atoms in total. The van der Waals surface area contributed by atoms with Crippen molar-refractivity contribution >= 4 is 51.6 Å². The topological polar surface area (TPSA) is 81.2 Å². The molecule has 3 aromatic rings. The van der Waals surface area contributed by atoms with Crippen molar-refractivity contribution in [2.24, 2.45) is 0 Å².